The van der Waals surface area contributed by atoms with Crippen LogP contribution in [0.3, 0.4) is 0 Å². The van der Waals surface area contributed by atoms with Crippen molar-refractivity contribution in [3.63, 3.8) is 0 Å². The van der Waals surface area contributed by atoms with Gasteiger partial charge in [-0.3, -0.25) is 4.79 Å². The monoisotopic (exact) mass is 321 g/mol. The molecule has 0 radical (unpaired) electrons. The first kappa shape index (κ1) is 17.9. The molecule has 0 saturated heterocycles. The first-order chi connectivity index (χ1) is 10.2. The molecular formula is C17H20ClNO3. The predicted octanol–water partition coefficient (Wildman–Crippen LogP) is 3.20. The van der Waals surface area contributed by atoms with Gasteiger partial charge in [0.2, 0.25) is 0 Å². The predicted molar refractivity (Wildman–Crippen MR) is 89.6 cm³/mol. The molecule has 2 rings (SSSR count). The number of benzene rings is 2. The summed E-state index contributed by atoms with van der Waals surface area (Å²) in [5, 5.41) is 0. The summed E-state index contributed by atoms with van der Waals surface area (Å²) < 4.78 is 10.3. The quantitative estimate of drug-likeness (QED) is 0.678. The molecule has 2 aromatic carbocycles. The van der Waals surface area contributed by atoms with E-state index in [4.69, 9.17) is 15.2 Å². The van der Waals surface area contributed by atoms with Crippen LogP contribution in [-0.2, 0) is 16.0 Å². The number of nitrogens with two attached hydrogens (primary N) is 1. The summed E-state index contributed by atoms with van der Waals surface area (Å²) >= 11 is 0. The second-order valence-electron chi connectivity index (χ2n) is 4.76. The second-order valence-corrected chi connectivity index (χ2v) is 4.76. The van der Waals surface area contributed by atoms with E-state index in [2.05, 4.69) is 0 Å². The van der Waals surface area contributed by atoms with Crippen molar-refractivity contribution in [1.29, 1.82) is 0 Å². The highest BCUT2D eigenvalue weighted by atomic mass is 35.5. The zero-order valence-corrected chi connectivity index (χ0v) is 13.4. The molecule has 4 nitrogen and oxygen atoms in total. The van der Waals surface area contributed by atoms with Crippen LogP contribution in [0.15, 0.2) is 48.5 Å². The molecule has 0 aromatic heterocycles. The van der Waals surface area contributed by atoms with Gasteiger partial charge >= 0.3 is 5.97 Å². The van der Waals surface area contributed by atoms with Crippen LogP contribution < -0.4 is 10.5 Å². The van der Waals surface area contributed by atoms with E-state index in [-0.39, 0.29) is 24.3 Å². The van der Waals surface area contributed by atoms with Crippen molar-refractivity contribution in [1.82, 2.24) is 0 Å². The van der Waals surface area contributed by atoms with Gasteiger partial charge in [-0.05, 0) is 35.7 Å². The topological polar surface area (TPSA) is 61.5 Å². The summed E-state index contributed by atoms with van der Waals surface area (Å²) in [6.45, 7) is 0. The highest BCUT2D eigenvalue weighted by molar-refractivity contribution is 5.85. The minimum Gasteiger partial charge on any atom is -0.496 e. The van der Waals surface area contributed by atoms with Crippen LogP contribution in [0.25, 0.3) is 0 Å². The molecule has 0 amide bonds. The van der Waals surface area contributed by atoms with E-state index in [1.807, 2.05) is 36.4 Å². The first-order valence-electron chi connectivity index (χ1n) is 6.71. The Morgan fingerprint density at radius 1 is 1.09 bits per heavy atom. The van der Waals surface area contributed by atoms with Crippen LogP contribution in [0, 0.1) is 0 Å². The molecule has 1 unspecified atom stereocenters. The Kier molecular flexibility index (Phi) is 6.73. The lowest BCUT2D eigenvalue weighted by Gasteiger charge is -2.17. The average molecular weight is 322 g/mol. The molecule has 22 heavy (non-hydrogen) atoms. The van der Waals surface area contributed by atoms with Crippen LogP contribution in [0.5, 0.6) is 5.75 Å². The summed E-state index contributed by atoms with van der Waals surface area (Å²) in [5.74, 6) is 0.111. The molecule has 2 aromatic rings. The first-order valence-corrected chi connectivity index (χ1v) is 6.71. The third-order valence-electron chi connectivity index (χ3n) is 3.44. The highest BCUT2D eigenvalue weighted by Crippen LogP contribution is 2.28. The molecule has 0 spiro atoms. The molecule has 0 aliphatic rings. The normalized spacial score (nSPS) is 11.2. The van der Waals surface area contributed by atoms with E-state index in [0.717, 1.165) is 16.9 Å². The minimum atomic E-state index is -0.383. The van der Waals surface area contributed by atoms with Crippen LogP contribution >= 0.6 is 12.4 Å². The van der Waals surface area contributed by atoms with E-state index in [0.29, 0.717) is 12.1 Å². The lowest BCUT2D eigenvalue weighted by atomic mass is 9.91. The number of hydrogen-bond acceptors (Lipinski definition) is 4. The fourth-order valence-electron chi connectivity index (χ4n) is 2.30. The number of carbonyl (C=O) groups is 1. The Labute approximate surface area is 136 Å². The van der Waals surface area contributed by atoms with Crippen molar-refractivity contribution in [3.05, 3.63) is 59.7 Å². The average Bonchev–Trinajstić information content (AvgIpc) is 2.53. The number of rotatable bonds is 5. The Morgan fingerprint density at radius 3 is 2.32 bits per heavy atom. The molecule has 0 aliphatic heterocycles. The third kappa shape index (κ3) is 4.15. The summed E-state index contributed by atoms with van der Waals surface area (Å²) in [7, 11) is 3.02. The lowest BCUT2D eigenvalue weighted by Crippen LogP contribution is -2.17. The molecule has 1 atom stereocenters. The summed E-state index contributed by atoms with van der Waals surface area (Å²) in [4.78, 5) is 12.1. The summed E-state index contributed by atoms with van der Waals surface area (Å²) in [6, 6.07) is 14.9. The largest absolute Gasteiger partial charge is 0.496 e. The number of nitrogen functional groups attached to an aromatic ring is 1. The Bertz CT molecular complexity index is 614. The Balaban J connectivity index is 0.00000242. The van der Waals surface area contributed by atoms with Crippen molar-refractivity contribution in [2.24, 2.45) is 0 Å². The standard InChI is InChI=1S/C17H19NO3.ClH/c1-20-16-6-4-3-5-13(16)11-15(17(19)21-2)12-7-9-14(18)10-8-12;/h3-10,15H,11,18H2,1-2H3;1H. The Morgan fingerprint density at radius 2 is 1.73 bits per heavy atom. The van der Waals surface area contributed by atoms with Gasteiger partial charge in [-0.15, -0.1) is 12.4 Å². The van der Waals surface area contributed by atoms with Gasteiger partial charge in [-0.1, -0.05) is 30.3 Å². The van der Waals surface area contributed by atoms with Gasteiger partial charge in [-0.2, -0.15) is 0 Å². The van der Waals surface area contributed by atoms with Crippen LogP contribution in [-0.4, -0.2) is 20.2 Å². The van der Waals surface area contributed by atoms with Gasteiger partial charge in [0, 0.05) is 5.69 Å². The minimum absolute atomic E-state index is 0. The number of halogens is 1. The fraction of sp³-hybridized carbons (Fsp3) is 0.235. The van der Waals surface area contributed by atoms with Gasteiger partial charge in [0.05, 0.1) is 20.1 Å². The zero-order valence-electron chi connectivity index (χ0n) is 12.6. The second kappa shape index (κ2) is 8.29. The van der Waals surface area contributed by atoms with Crippen LogP contribution in [0.4, 0.5) is 5.69 Å². The van der Waals surface area contributed by atoms with Crippen molar-refractivity contribution < 1.29 is 14.3 Å². The number of carbonyl (C=O) groups excluding carboxylic acids is 1. The molecular weight excluding hydrogens is 302 g/mol. The third-order valence-corrected chi connectivity index (χ3v) is 3.44. The van der Waals surface area contributed by atoms with Crippen molar-refractivity contribution in [2.45, 2.75) is 12.3 Å². The number of methoxy groups -OCH3 is 2. The molecule has 0 fully saturated rings. The zero-order chi connectivity index (χ0) is 15.2. The van der Waals surface area contributed by atoms with Crippen molar-refractivity contribution in [3.8, 4) is 5.75 Å². The van der Waals surface area contributed by atoms with E-state index in [9.17, 15) is 4.79 Å². The van der Waals surface area contributed by atoms with E-state index >= 15 is 0 Å². The molecule has 2 N–H and O–H groups in total. The Hall–Kier alpha value is -2.20. The maximum absolute atomic E-state index is 12.1. The molecule has 0 aliphatic carbocycles. The SMILES string of the molecule is COC(=O)C(Cc1ccccc1OC)c1ccc(N)cc1.Cl. The van der Waals surface area contributed by atoms with E-state index in [1.165, 1.54) is 7.11 Å². The number of ether oxygens (including phenoxy) is 2. The van der Waals surface area contributed by atoms with Crippen LogP contribution in [0.2, 0.25) is 0 Å². The fourth-order valence-corrected chi connectivity index (χ4v) is 2.30. The molecule has 0 saturated carbocycles. The van der Waals surface area contributed by atoms with Gasteiger partial charge in [0.25, 0.3) is 0 Å². The number of anilines is 1. The maximum atomic E-state index is 12.1. The smallest absolute Gasteiger partial charge is 0.313 e. The number of para-hydroxylation sites is 1. The molecule has 118 valence electrons. The molecule has 5 heteroatoms. The molecule has 0 bridgehead atoms. The van der Waals surface area contributed by atoms with Gasteiger partial charge in [0.15, 0.2) is 0 Å². The van der Waals surface area contributed by atoms with Gasteiger partial charge in [-0.25, -0.2) is 0 Å². The highest BCUT2D eigenvalue weighted by Gasteiger charge is 2.23. The maximum Gasteiger partial charge on any atom is 0.313 e. The lowest BCUT2D eigenvalue weighted by molar-refractivity contribution is -0.142. The van der Waals surface area contributed by atoms with E-state index < -0.39 is 0 Å². The summed E-state index contributed by atoms with van der Waals surface area (Å²) in [5.41, 5.74) is 8.21. The van der Waals surface area contributed by atoms with Gasteiger partial charge < -0.3 is 15.2 Å². The van der Waals surface area contributed by atoms with Crippen molar-refractivity contribution in [2.75, 3.05) is 20.0 Å². The number of esters is 1. The number of hydrogen-bond donors (Lipinski definition) is 1. The molecule has 0 heterocycles. The van der Waals surface area contributed by atoms with E-state index in [1.54, 1.807) is 19.2 Å². The summed E-state index contributed by atoms with van der Waals surface area (Å²) in [6.07, 6.45) is 0.514. The van der Waals surface area contributed by atoms with Gasteiger partial charge in [0.1, 0.15) is 5.75 Å². The van der Waals surface area contributed by atoms with Crippen molar-refractivity contribution >= 4 is 24.1 Å². The van der Waals surface area contributed by atoms with Crippen LogP contribution in [0.1, 0.15) is 17.0 Å².